The first kappa shape index (κ1) is 21.0. The maximum absolute atomic E-state index is 13.1. The Bertz CT molecular complexity index is 1050. The topological polar surface area (TPSA) is 97.3 Å². The summed E-state index contributed by atoms with van der Waals surface area (Å²) in [7, 11) is 0. The molecule has 0 radical (unpaired) electrons. The molecule has 0 bridgehead atoms. The van der Waals surface area contributed by atoms with Crippen molar-refractivity contribution in [1.29, 1.82) is 0 Å². The third-order valence-corrected chi connectivity index (χ3v) is 5.91. The van der Waals surface area contributed by atoms with Crippen molar-refractivity contribution >= 4 is 11.9 Å². The predicted octanol–water partition coefficient (Wildman–Crippen LogP) is 2.55. The van der Waals surface area contributed by atoms with Crippen LogP contribution in [0.2, 0.25) is 0 Å². The monoisotopic (exact) mass is 426 g/mol. The Kier molecular flexibility index (Phi) is 5.26. The van der Waals surface area contributed by atoms with E-state index in [0.717, 1.165) is 21.6 Å². The molecule has 1 saturated heterocycles. The second kappa shape index (κ2) is 7.77. The van der Waals surface area contributed by atoms with Gasteiger partial charge in [0.15, 0.2) is 11.5 Å². The van der Waals surface area contributed by atoms with Gasteiger partial charge in [0.2, 0.25) is 6.79 Å². The molecule has 164 valence electrons. The second-order valence-corrected chi connectivity index (χ2v) is 8.16. The van der Waals surface area contributed by atoms with Crippen LogP contribution in [-0.2, 0) is 10.3 Å². The fourth-order valence-electron chi connectivity index (χ4n) is 3.86. The van der Waals surface area contributed by atoms with Gasteiger partial charge in [-0.3, -0.25) is 9.69 Å². The van der Waals surface area contributed by atoms with Crippen LogP contribution in [0.1, 0.15) is 29.2 Å². The van der Waals surface area contributed by atoms with E-state index in [2.05, 4.69) is 5.32 Å². The molecule has 3 amide bonds. The number of urea groups is 1. The van der Waals surface area contributed by atoms with Crippen molar-refractivity contribution < 1.29 is 28.9 Å². The highest BCUT2D eigenvalue weighted by molar-refractivity contribution is 6.07. The molecule has 0 spiro atoms. The summed E-state index contributed by atoms with van der Waals surface area (Å²) in [6, 6.07) is 8.52. The van der Waals surface area contributed by atoms with Gasteiger partial charge in [-0.2, -0.15) is 0 Å². The number of carbonyl (C=O) groups is 2. The van der Waals surface area contributed by atoms with Crippen molar-refractivity contribution in [3.05, 3.63) is 52.6 Å². The van der Waals surface area contributed by atoms with Crippen LogP contribution in [0, 0.1) is 20.8 Å². The summed E-state index contributed by atoms with van der Waals surface area (Å²) in [6.45, 7) is 7.42. The Hall–Kier alpha value is -3.26. The van der Waals surface area contributed by atoms with Crippen molar-refractivity contribution in [3.63, 3.8) is 0 Å². The Labute approximate surface area is 180 Å². The van der Waals surface area contributed by atoms with E-state index in [-0.39, 0.29) is 19.9 Å². The zero-order chi connectivity index (χ0) is 22.3. The molecule has 2 aromatic rings. The number of aryl methyl sites for hydroxylation is 2. The van der Waals surface area contributed by atoms with E-state index in [4.69, 9.17) is 14.2 Å². The Morgan fingerprint density at radius 2 is 1.84 bits per heavy atom. The lowest BCUT2D eigenvalue weighted by atomic mass is 9.91. The van der Waals surface area contributed by atoms with Crippen LogP contribution in [0.4, 0.5) is 4.79 Å². The van der Waals surface area contributed by atoms with Crippen LogP contribution < -0.4 is 19.5 Å². The van der Waals surface area contributed by atoms with Crippen molar-refractivity contribution in [3.8, 4) is 17.2 Å². The van der Waals surface area contributed by atoms with Gasteiger partial charge in [-0.15, -0.1) is 0 Å². The minimum atomic E-state index is -1.26. The lowest BCUT2D eigenvalue weighted by Crippen LogP contribution is -2.42. The number of fused-ring (bicyclic) bond motifs is 1. The molecule has 0 aliphatic carbocycles. The largest absolute Gasteiger partial charge is 0.490 e. The SMILES string of the molecule is Cc1ccc(C)c(OC[C@H](O)CN2C(=O)N[C@@](C)(c3ccc4c(c3)OCO4)C2=O)c1C. The Balaban J connectivity index is 1.45. The molecular formula is C23H26N2O6. The number of aliphatic hydroxyl groups is 1. The number of rotatable bonds is 6. The first-order valence-corrected chi connectivity index (χ1v) is 10.1. The number of hydrogen-bond donors (Lipinski definition) is 2. The maximum atomic E-state index is 13.1. The number of amides is 3. The highest BCUT2D eigenvalue weighted by Gasteiger charge is 2.49. The van der Waals surface area contributed by atoms with Crippen LogP contribution in [0.25, 0.3) is 0 Å². The first-order chi connectivity index (χ1) is 14.7. The fourth-order valence-corrected chi connectivity index (χ4v) is 3.86. The molecule has 2 aromatic carbocycles. The number of ether oxygens (including phenoxy) is 3. The molecule has 8 nitrogen and oxygen atoms in total. The number of carbonyl (C=O) groups excluding carboxylic acids is 2. The molecule has 0 saturated carbocycles. The molecule has 2 N–H and O–H groups in total. The number of hydrogen-bond acceptors (Lipinski definition) is 6. The van der Waals surface area contributed by atoms with Crippen LogP contribution in [0.5, 0.6) is 17.2 Å². The van der Waals surface area contributed by atoms with Gasteiger partial charge in [0.25, 0.3) is 5.91 Å². The highest BCUT2D eigenvalue weighted by Crippen LogP contribution is 2.38. The predicted molar refractivity (Wildman–Crippen MR) is 112 cm³/mol. The quantitative estimate of drug-likeness (QED) is 0.689. The summed E-state index contributed by atoms with van der Waals surface area (Å²) in [5, 5.41) is 13.2. The molecule has 31 heavy (non-hydrogen) atoms. The molecule has 1 fully saturated rings. The normalized spacial score (nSPS) is 20.7. The number of β-amino-alcohol motifs (C(OH)–C–C–N with tert-alkyl or cyclic N) is 1. The lowest BCUT2D eigenvalue weighted by Gasteiger charge is -2.23. The third kappa shape index (κ3) is 3.67. The van der Waals surface area contributed by atoms with E-state index in [1.165, 1.54) is 0 Å². The molecule has 2 aliphatic rings. The van der Waals surface area contributed by atoms with Crippen molar-refractivity contribution in [2.45, 2.75) is 39.3 Å². The molecule has 0 aromatic heterocycles. The van der Waals surface area contributed by atoms with Gasteiger partial charge in [0, 0.05) is 0 Å². The van der Waals surface area contributed by atoms with Gasteiger partial charge in [-0.05, 0) is 62.1 Å². The summed E-state index contributed by atoms with van der Waals surface area (Å²) in [5.74, 6) is 1.38. The molecular weight excluding hydrogens is 400 g/mol. The van der Waals surface area contributed by atoms with E-state index in [1.54, 1.807) is 25.1 Å². The van der Waals surface area contributed by atoms with E-state index in [0.29, 0.717) is 22.8 Å². The lowest BCUT2D eigenvalue weighted by molar-refractivity contribution is -0.132. The number of nitrogens with one attached hydrogen (secondary N) is 1. The molecule has 8 heteroatoms. The number of nitrogens with zero attached hydrogens (tertiary/aromatic N) is 1. The summed E-state index contributed by atoms with van der Waals surface area (Å²) in [4.78, 5) is 26.7. The number of imide groups is 1. The Morgan fingerprint density at radius 3 is 2.61 bits per heavy atom. The summed E-state index contributed by atoms with van der Waals surface area (Å²) >= 11 is 0. The van der Waals surface area contributed by atoms with Gasteiger partial charge < -0.3 is 24.6 Å². The highest BCUT2D eigenvalue weighted by atomic mass is 16.7. The zero-order valence-corrected chi connectivity index (χ0v) is 18.0. The van der Waals surface area contributed by atoms with Crippen molar-refractivity contribution in [1.82, 2.24) is 10.2 Å². The molecule has 2 heterocycles. The van der Waals surface area contributed by atoms with Gasteiger partial charge in [0.1, 0.15) is 24.0 Å². The van der Waals surface area contributed by atoms with Crippen molar-refractivity contribution in [2.75, 3.05) is 19.9 Å². The second-order valence-electron chi connectivity index (χ2n) is 8.16. The number of aliphatic hydroxyl groups excluding tert-OH is 1. The van der Waals surface area contributed by atoms with E-state index in [1.807, 2.05) is 32.9 Å². The zero-order valence-electron chi connectivity index (χ0n) is 18.0. The van der Waals surface area contributed by atoms with Gasteiger partial charge in [0.05, 0.1) is 6.54 Å². The molecule has 4 rings (SSSR count). The van der Waals surface area contributed by atoms with Gasteiger partial charge >= 0.3 is 6.03 Å². The van der Waals surface area contributed by atoms with Crippen LogP contribution in [0.3, 0.4) is 0 Å². The number of benzene rings is 2. The first-order valence-electron chi connectivity index (χ1n) is 10.1. The van der Waals surface area contributed by atoms with Crippen LogP contribution in [0.15, 0.2) is 30.3 Å². The van der Waals surface area contributed by atoms with Crippen molar-refractivity contribution in [2.24, 2.45) is 0 Å². The molecule has 2 atom stereocenters. The summed E-state index contributed by atoms with van der Waals surface area (Å²) in [5.41, 5.74) is 2.36. The third-order valence-electron chi connectivity index (χ3n) is 5.91. The Morgan fingerprint density at radius 1 is 1.13 bits per heavy atom. The standard InChI is InChI=1S/C23H26N2O6/c1-13-5-6-14(2)20(15(13)3)29-11-17(26)10-25-21(27)23(4,24-22(25)28)16-7-8-18-19(9-16)31-12-30-18/h5-9,17,26H,10-12H2,1-4H3,(H,24,28)/t17-,23+/m1/s1. The van der Waals surface area contributed by atoms with Crippen LogP contribution >= 0.6 is 0 Å². The smallest absolute Gasteiger partial charge is 0.325 e. The van der Waals surface area contributed by atoms with E-state index < -0.39 is 23.6 Å². The maximum Gasteiger partial charge on any atom is 0.325 e. The minimum absolute atomic E-state index is 0.0388. The van der Waals surface area contributed by atoms with E-state index in [9.17, 15) is 14.7 Å². The minimum Gasteiger partial charge on any atom is -0.490 e. The fraction of sp³-hybridized carbons (Fsp3) is 0.391. The van der Waals surface area contributed by atoms with E-state index >= 15 is 0 Å². The average molecular weight is 426 g/mol. The average Bonchev–Trinajstić information content (AvgIpc) is 3.29. The van der Waals surface area contributed by atoms with Crippen LogP contribution in [-0.4, -0.2) is 48.0 Å². The summed E-state index contributed by atoms with van der Waals surface area (Å²) in [6.07, 6.45) is -1.03. The van der Waals surface area contributed by atoms with Gasteiger partial charge in [-0.25, -0.2) is 4.79 Å². The molecule has 2 aliphatic heterocycles. The summed E-state index contributed by atoms with van der Waals surface area (Å²) < 4.78 is 16.5. The van der Waals surface area contributed by atoms with Gasteiger partial charge in [-0.1, -0.05) is 18.2 Å². The molecule has 0 unspecified atom stereocenters.